The summed E-state index contributed by atoms with van der Waals surface area (Å²) in [5, 5.41) is 2.25. The molecule has 1 aliphatic heterocycles. The van der Waals surface area contributed by atoms with Gasteiger partial charge in [0.15, 0.2) is 5.78 Å². The van der Waals surface area contributed by atoms with Crippen molar-refractivity contribution in [2.75, 3.05) is 6.61 Å². The van der Waals surface area contributed by atoms with Crippen molar-refractivity contribution in [3.8, 4) is 0 Å². The molecule has 0 radical (unpaired) electrons. The molecule has 1 atom stereocenters. The summed E-state index contributed by atoms with van der Waals surface area (Å²) in [5.41, 5.74) is 2.07. The van der Waals surface area contributed by atoms with Gasteiger partial charge in [-0.3, -0.25) is 4.79 Å². The molecule has 2 aromatic carbocycles. The Morgan fingerprint density at radius 2 is 2.00 bits per heavy atom. The van der Waals surface area contributed by atoms with Crippen molar-refractivity contribution >= 4 is 16.6 Å². The lowest BCUT2D eigenvalue weighted by molar-refractivity contribution is 0.0860. The molecular weight excluding hydrogens is 248 g/mol. The van der Waals surface area contributed by atoms with Crippen molar-refractivity contribution in [1.82, 2.24) is 0 Å². The van der Waals surface area contributed by atoms with E-state index >= 15 is 0 Å². The first-order valence-electron chi connectivity index (χ1n) is 7.39. The van der Waals surface area contributed by atoms with Gasteiger partial charge in [-0.15, -0.1) is 0 Å². The molecule has 0 N–H and O–H groups in total. The van der Waals surface area contributed by atoms with E-state index in [4.69, 9.17) is 4.74 Å². The highest BCUT2D eigenvalue weighted by atomic mass is 16.5. The summed E-state index contributed by atoms with van der Waals surface area (Å²) in [6.45, 7) is 2.94. The number of Topliss-reactive ketones (excluding diaryl/α,β-unsaturated/α-hetero) is 1. The van der Waals surface area contributed by atoms with Crippen LogP contribution in [0.15, 0.2) is 36.4 Å². The topological polar surface area (TPSA) is 26.3 Å². The van der Waals surface area contributed by atoms with E-state index in [2.05, 4.69) is 13.0 Å². The number of carbonyl (C=O) groups is 1. The second-order valence-corrected chi connectivity index (χ2v) is 5.57. The molecular formula is C18H20O2. The lowest BCUT2D eigenvalue weighted by Gasteiger charge is -2.10. The van der Waals surface area contributed by atoms with Gasteiger partial charge < -0.3 is 4.74 Å². The van der Waals surface area contributed by atoms with E-state index in [1.165, 1.54) is 10.9 Å². The van der Waals surface area contributed by atoms with Gasteiger partial charge in [0.25, 0.3) is 0 Å². The van der Waals surface area contributed by atoms with Crippen molar-refractivity contribution < 1.29 is 9.53 Å². The third-order valence-electron chi connectivity index (χ3n) is 4.16. The van der Waals surface area contributed by atoms with Crippen LogP contribution in [0.5, 0.6) is 0 Å². The van der Waals surface area contributed by atoms with Crippen molar-refractivity contribution in [2.45, 2.75) is 38.7 Å². The highest BCUT2D eigenvalue weighted by Crippen LogP contribution is 2.25. The van der Waals surface area contributed by atoms with Gasteiger partial charge in [0.05, 0.1) is 6.10 Å². The highest BCUT2D eigenvalue weighted by Gasteiger charge is 2.18. The number of ether oxygens (including phenoxy) is 1. The Morgan fingerprint density at radius 3 is 2.75 bits per heavy atom. The van der Waals surface area contributed by atoms with Crippen LogP contribution in [0.3, 0.4) is 0 Å². The lowest BCUT2D eigenvalue weighted by atomic mass is 9.95. The molecule has 1 unspecified atom stereocenters. The quantitative estimate of drug-likeness (QED) is 0.773. The number of benzene rings is 2. The van der Waals surface area contributed by atoms with Crippen molar-refractivity contribution in [2.24, 2.45) is 0 Å². The molecule has 0 spiro atoms. The minimum Gasteiger partial charge on any atom is -0.378 e. The first kappa shape index (κ1) is 13.3. The Labute approximate surface area is 119 Å². The minimum absolute atomic E-state index is 0.233. The number of hydrogen-bond acceptors (Lipinski definition) is 2. The van der Waals surface area contributed by atoms with E-state index in [1.807, 2.05) is 30.3 Å². The zero-order chi connectivity index (χ0) is 13.9. The predicted octanol–water partition coefficient (Wildman–Crippen LogP) is 4.29. The molecule has 1 aliphatic rings. The van der Waals surface area contributed by atoms with Gasteiger partial charge in [-0.2, -0.15) is 0 Å². The molecule has 1 fully saturated rings. The van der Waals surface area contributed by atoms with E-state index < -0.39 is 0 Å². The molecule has 3 rings (SSSR count). The zero-order valence-electron chi connectivity index (χ0n) is 11.9. The molecule has 2 aromatic rings. The Hall–Kier alpha value is -1.67. The maximum Gasteiger partial charge on any atom is 0.163 e. The predicted molar refractivity (Wildman–Crippen MR) is 81.2 cm³/mol. The molecule has 0 saturated carbocycles. The number of rotatable bonds is 4. The third kappa shape index (κ3) is 2.61. The van der Waals surface area contributed by atoms with Crippen LogP contribution in [0.4, 0.5) is 0 Å². The fourth-order valence-electron chi connectivity index (χ4n) is 2.99. The van der Waals surface area contributed by atoms with Crippen molar-refractivity contribution in [3.63, 3.8) is 0 Å². The first-order chi connectivity index (χ1) is 9.75. The third-order valence-corrected chi connectivity index (χ3v) is 4.16. The SMILES string of the molecule is Cc1ccc(C(=O)CCC2CCCO2)c2ccccc12. The van der Waals surface area contributed by atoms with E-state index in [0.29, 0.717) is 6.42 Å². The average molecular weight is 268 g/mol. The Morgan fingerprint density at radius 1 is 1.20 bits per heavy atom. The van der Waals surface area contributed by atoms with E-state index in [-0.39, 0.29) is 11.9 Å². The maximum absolute atomic E-state index is 12.5. The fraction of sp³-hybridized carbons (Fsp3) is 0.389. The molecule has 1 saturated heterocycles. The second-order valence-electron chi connectivity index (χ2n) is 5.57. The van der Waals surface area contributed by atoms with Gasteiger partial charge in [-0.1, -0.05) is 36.4 Å². The zero-order valence-corrected chi connectivity index (χ0v) is 11.9. The molecule has 2 heteroatoms. The fourth-order valence-corrected chi connectivity index (χ4v) is 2.99. The van der Waals surface area contributed by atoms with Crippen LogP contribution in [-0.4, -0.2) is 18.5 Å². The number of fused-ring (bicyclic) bond motifs is 1. The van der Waals surface area contributed by atoms with Gasteiger partial charge in [-0.25, -0.2) is 0 Å². The monoisotopic (exact) mass is 268 g/mol. The Kier molecular flexibility index (Phi) is 3.83. The van der Waals surface area contributed by atoms with Crippen LogP contribution in [-0.2, 0) is 4.74 Å². The lowest BCUT2D eigenvalue weighted by Crippen LogP contribution is -2.09. The summed E-state index contributed by atoms with van der Waals surface area (Å²) < 4.78 is 5.59. The maximum atomic E-state index is 12.5. The van der Waals surface area contributed by atoms with E-state index in [9.17, 15) is 4.79 Å². The van der Waals surface area contributed by atoms with Crippen LogP contribution in [0.1, 0.15) is 41.6 Å². The molecule has 0 aliphatic carbocycles. The molecule has 104 valence electrons. The number of aryl methyl sites for hydroxylation is 1. The van der Waals surface area contributed by atoms with Crippen LogP contribution >= 0.6 is 0 Å². The summed E-state index contributed by atoms with van der Waals surface area (Å²) in [5.74, 6) is 0.233. The molecule has 20 heavy (non-hydrogen) atoms. The van der Waals surface area contributed by atoms with Gasteiger partial charge >= 0.3 is 0 Å². The van der Waals surface area contributed by atoms with Crippen LogP contribution < -0.4 is 0 Å². The molecule has 0 aromatic heterocycles. The summed E-state index contributed by atoms with van der Waals surface area (Å²) in [6.07, 6.45) is 3.95. The summed E-state index contributed by atoms with van der Waals surface area (Å²) in [7, 11) is 0. The molecule has 2 nitrogen and oxygen atoms in total. The first-order valence-corrected chi connectivity index (χ1v) is 7.39. The summed E-state index contributed by atoms with van der Waals surface area (Å²) in [4.78, 5) is 12.5. The van der Waals surface area contributed by atoms with Crippen molar-refractivity contribution in [3.05, 3.63) is 47.5 Å². The second kappa shape index (κ2) is 5.76. The van der Waals surface area contributed by atoms with E-state index in [1.54, 1.807) is 0 Å². The van der Waals surface area contributed by atoms with Crippen LogP contribution in [0.25, 0.3) is 10.8 Å². The van der Waals surface area contributed by atoms with Crippen LogP contribution in [0.2, 0.25) is 0 Å². The Balaban J connectivity index is 1.82. The minimum atomic E-state index is 0.233. The smallest absolute Gasteiger partial charge is 0.163 e. The summed E-state index contributed by atoms with van der Waals surface area (Å²) in [6, 6.07) is 12.2. The van der Waals surface area contributed by atoms with Gasteiger partial charge in [0.1, 0.15) is 0 Å². The van der Waals surface area contributed by atoms with Crippen molar-refractivity contribution in [1.29, 1.82) is 0 Å². The molecule has 0 bridgehead atoms. The average Bonchev–Trinajstić information content (AvgIpc) is 2.99. The highest BCUT2D eigenvalue weighted by molar-refractivity contribution is 6.08. The molecule has 1 heterocycles. The standard InChI is InChI=1S/C18H20O2/c1-13-8-10-17(16-7-3-2-6-15(13)16)18(19)11-9-14-5-4-12-20-14/h2-3,6-8,10,14H,4-5,9,11-12H2,1H3. The number of ketones is 1. The van der Waals surface area contributed by atoms with E-state index in [0.717, 1.165) is 36.8 Å². The number of carbonyl (C=O) groups excluding carboxylic acids is 1. The van der Waals surface area contributed by atoms with Gasteiger partial charge in [-0.05, 0) is 42.5 Å². The Bertz CT molecular complexity index is 624. The number of hydrogen-bond donors (Lipinski definition) is 0. The van der Waals surface area contributed by atoms with Crippen LogP contribution in [0, 0.1) is 6.92 Å². The van der Waals surface area contributed by atoms with Gasteiger partial charge in [0, 0.05) is 18.6 Å². The normalized spacial score (nSPS) is 18.6. The van der Waals surface area contributed by atoms with Gasteiger partial charge in [0.2, 0.25) is 0 Å². The summed E-state index contributed by atoms with van der Waals surface area (Å²) >= 11 is 0. The molecule has 0 amide bonds. The largest absolute Gasteiger partial charge is 0.378 e.